The number of hydrogen-bond acceptors (Lipinski definition) is 2. The Morgan fingerprint density at radius 3 is 2.25 bits per heavy atom. The van der Waals surface area contributed by atoms with E-state index in [4.69, 9.17) is 0 Å². The van der Waals surface area contributed by atoms with E-state index in [9.17, 15) is 0 Å². The average Bonchev–Trinajstić information content (AvgIpc) is 2.76. The summed E-state index contributed by atoms with van der Waals surface area (Å²) in [6.07, 6.45) is 9.64. The topological polar surface area (TPSA) is 24.1 Å². The first kappa shape index (κ1) is 12.4. The van der Waals surface area contributed by atoms with E-state index in [0.29, 0.717) is 11.0 Å². The van der Waals surface area contributed by atoms with Crippen LogP contribution in [0.3, 0.4) is 0 Å². The highest BCUT2D eigenvalue weighted by Crippen LogP contribution is 2.34. The summed E-state index contributed by atoms with van der Waals surface area (Å²) in [5, 5.41) is 7.38. The molecule has 94 valence electrons. The minimum Gasteiger partial charge on any atom is -0.317 e. The van der Waals surface area contributed by atoms with Crippen LogP contribution in [-0.2, 0) is 0 Å². The van der Waals surface area contributed by atoms with Crippen LogP contribution in [0.25, 0.3) is 0 Å². The molecule has 1 saturated heterocycles. The molecule has 1 aliphatic carbocycles. The molecule has 2 fully saturated rings. The fourth-order valence-corrected chi connectivity index (χ4v) is 3.35. The quantitative estimate of drug-likeness (QED) is 0.767. The van der Waals surface area contributed by atoms with E-state index in [0.717, 1.165) is 0 Å². The summed E-state index contributed by atoms with van der Waals surface area (Å²) in [6.45, 7) is 8.45. The van der Waals surface area contributed by atoms with Gasteiger partial charge in [-0.05, 0) is 57.5 Å². The zero-order chi connectivity index (χ0) is 11.5. The van der Waals surface area contributed by atoms with Gasteiger partial charge in [-0.15, -0.1) is 0 Å². The van der Waals surface area contributed by atoms with Gasteiger partial charge in [-0.1, -0.05) is 19.8 Å². The highest BCUT2D eigenvalue weighted by molar-refractivity contribution is 4.93. The third-order valence-electron chi connectivity index (χ3n) is 5.01. The number of rotatable bonds is 4. The van der Waals surface area contributed by atoms with Gasteiger partial charge in [-0.25, -0.2) is 0 Å². The maximum Gasteiger partial charge on any atom is 0.0153 e. The van der Waals surface area contributed by atoms with Crippen molar-refractivity contribution in [1.29, 1.82) is 0 Å². The Kier molecular flexibility index (Phi) is 3.91. The van der Waals surface area contributed by atoms with E-state index >= 15 is 0 Å². The van der Waals surface area contributed by atoms with Gasteiger partial charge in [-0.3, -0.25) is 0 Å². The van der Waals surface area contributed by atoms with E-state index < -0.39 is 0 Å². The summed E-state index contributed by atoms with van der Waals surface area (Å²) in [5.41, 5.74) is 1.03. The lowest BCUT2D eigenvalue weighted by atomic mass is 9.76. The molecule has 0 unspecified atom stereocenters. The normalized spacial score (nSPS) is 28.1. The van der Waals surface area contributed by atoms with Gasteiger partial charge in [0.25, 0.3) is 0 Å². The van der Waals surface area contributed by atoms with E-state index in [-0.39, 0.29) is 0 Å². The summed E-state index contributed by atoms with van der Waals surface area (Å²) >= 11 is 0. The first-order valence-corrected chi connectivity index (χ1v) is 7.14. The highest BCUT2D eigenvalue weighted by atomic mass is 15.0. The van der Waals surface area contributed by atoms with Crippen LogP contribution < -0.4 is 10.6 Å². The van der Waals surface area contributed by atoms with Crippen LogP contribution in [0.2, 0.25) is 0 Å². The first-order valence-electron chi connectivity index (χ1n) is 7.14. The Labute approximate surface area is 101 Å². The molecule has 2 N–H and O–H groups in total. The highest BCUT2D eigenvalue weighted by Gasteiger charge is 2.34. The Morgan fingerprint density at radius 1 is 1.06 bits per heavy atom. The molecular formula is C14H28N2. The van der Waals surface area contributed by atoms with E-state index in [1.54, 1.807) is 0 Å². The Hall–Kier alpha value is -0.0800. The number of piperidine rings is 1. The second-order valence-electron chi connectivity index (χ2n) is 6.22. The molecule has 0 amide bonds. The fraction of sp³-hybridized carbons (Fsp3) is 1.00. The van der Waals surface area contributed by atoms with Crippen molar-refractivity contribution in [3.8, 4) is 0 Å². The lowest BCUT2D eigenvalue weighted by molar-refractivity contribution is 0.164. The standard InChI is InChI=1S/C14H28N2/c1-3-14(8-10-15-11-9-14)12-16-13(2)6-4-5-7-13/h15-16H,3-12H2,1-2H3. The molecular weight excluding hydrogens is 196 g/mol. The summed E-state index contributed by atoms with van der Waals surface area (Å²) < 4.78 is 0. The van der Waals surface area contributed by atoms with Crippen LogP contribution in [0.15, 0.2) is 0 Å². The lowest BCUT2D eigenvalue weighted by Crippen LogP contribution is -2.49. The summed E-state index contributed by atoms with van der Waals surface area (Å²) in [4.78, 5) is 0. The van der Waals surface area contributed by atoms with Crippen molar-refractivity contribution < 1.29 is 0 Å². The minimum absolute atomic E-state index is 0.451. The van der Waals surface area contributed by atoms with Gasteiger partial charge in [0.05, 0.1) is 0 Å². The molecule has 0 bridgehead atoms. The van der Waals surface area contributed by atoms with Crippen molar-refractivity contribution in [2.24, 2.45) is 5.41 Å². The van der Waals surface area contributed by atoms with Crippen LogP contribution >= 0.6 is 0 Å². The molecule has 0 spiro atoms. The van der Waals surface area contributed by atoms with Crippen molar-refractivity contribution in [1.82, 2.24) is 10.6 Å². The number of hydrogen-bond donors (Lipinski definition) is 2. The Bertz CT molecular complexity index is 213. The van der Waals surface area contributed by atoms with Crippen LogP contribution in [0, 0.1) is 5.41 Å². The number of nitrogens with one attached hydrogen (secondary N) is 2. The summed E-state index contributed by atoms with van der Waals surface area (Å²) in [7, 11) is 0. The second-order valence-corrected chi connectivity index (χ2v) is 6.22. The van der Waals surface area contributed by atoms with Gasteiger partial charge in [-0.2, -0.15) is 0 Å². The van der Waals surface area contributed by atoms with E-state index in [1.807, 2.05) is 0 Å². The maximum absolute atomic E-state index is 3.89. The molecule has 2 heteroatoms. The summed E-state index contributed by atoms with van der Waals surface area (Å²) in [5.74, 6) is 0. The lowest BCUT2D eigenvalue weighted by Gasteiger charge is -2.40. The molecule has 0 radical (unpaired) electrons. The molecule has 2 rings (SSSR count). The third-order valence-corrected chi connectivity index (χ3v) is 5.01. The second kappa shape index (κ2) is 5.05. The molecule has 0 aromatic heterocycles. The Balaban J connectivity index is 1.86. The van der Waals surface area contributed by atoms with Crippen molar-refractivity contribution in [2.75, 3.05) is 19.6 Å². The van der Waals surface area contributed by atoms with Crippen LogP contribution in [0.4, 0.5) is 0 Å². The maximum atomic E-state index is 3.89. The molecule has 16 heavy (non-hydrogen) atoms. The van der Waals surface area contributed by atoms with Crippen molar-refractivity contribution in [3.05, 3.63) is 0 Å². The van der Waals surface area contributed by atoms with Crippen LogP contribution in [0.5, 0.6) is 0 Å². The monoisotopic (exact) mass is 224 g/mol. The van der Waals surface area contributed by atoms with E-state index in [1.165, 1.54) is 64.6 Å². The van der Waals surface area contributed by atoms with Crippen LogP contribution in [0.1, 0.15) is 58.8 Å². The zero-order valence-electron chi connectivity index (χ0n) is 11.1. The molecule has 0 aromatic carbocycles. The van der Waals surface area contributed by atoms with Gasteiger partial charge < -0.3 is 10.6 Å². The Morgan fingerprint density at radius 2 is 1.69 bits per heavy atom. The summed E-state index contributed by atoms with van der Waals surface area (Å²) in [6, 6.07) is 0. The smallest absolute Gasteiger partial charge is 0.0153 e. The zero-order valence-corrected chi connectivity index (χ0v) is 11.1. The predicted molar refractivity (Wildman–Crippen MR) is 69.7 cm³/mol. The van der Waals surface area contributed by atoms with Gasteiger partial charge in [0.15, 0.2) is 0 Å². The molecule has 0 atom stereocenters. The van der Waals surface area contributed by atoms with Crippen molar-refractivity contribution in [2.45, 2.75) is 64.3 Å². The molecule has 1 aliphatic heterocycles. The van der Waals surface area contributed by atoms with Gasteiger partial charge in [0.2, 0.25) is 0 Å². The third kappa shape index (κ3) is 2.78. The van der Waals surface area contributed by atoms with E-state index in [2.05, 4.69) is 24.5 Å². The SMILES string of the molecule is CCC1(CNC2(C)CCCC2)CCNCC1. The first-order chi connectivity index (χ1) is 7.68. The van der Waals surface area contributed by atoms with Gasteiger partial charge in [0.1, 0.15) is 0 Å². The molecule has 1 saturated carbocycles. The van der Waals surface area contributed by atoms with Gasteiger partial charge in [0, 0.05) is 12.1 Å². The molecule has 2 nitrogen and oxygen atoms in total. The predicted octanol–water partition coefficient (Wildman–Crippen LogP) is 2.69. The van der Waals surface area contributed by atoms with Crippen molar-refractivity contribution in [3.63, 3.8) is 0 Å². The fourth-order valence-electron chi connectivity index (χ4n) is 3.35. The molecule has 1 heterocycles. The largest absolute Gasteiger partial charge is 0.317 e. The molecule has 2 aliphatic rings. The minimum atomic E-state index is 0.451. The van der Waals surface area contributed by atoms with Crippen molar-refractivity contribution >= 4 is 0 Å². The molecule has 0 aromatic rings. The van der Waals surface area contributed by atoms with Crippen LogP contribution in [-0.4, -0.2) is 25.2 Å². The van der Waals surface area contributed by atoms with Gasteiger partial charge >= 0.3 is 0 Å². The average molecular weight is 224 g/mol.